The first-order valence-corrected chi connectivity index (χ1v) is 18.5. The molecule has 2 bridgehead atoms. The maximum atomic E-state index is 14.2. The summed E-state index contributed by atoms with van der Waals surface area (Å²) in [5.41, 5.74) is -8.62. The topological polar surface area (TPSA) is 225 Å². The van der Waals surface area contributed by atoms with E-state index in [-0.39, 0.29) is 12.0 Å². The maximum Gasteiger partial charge on any atom is 0.338 e. The van der Waals surface area contributed by atoms with Crippen LogP contribution in [0.3, 0.4) is 0 Å². The molecular formula is C40H52O16. The second-order valence-electron chi connectivity index (χ2n) is 15.6. The van der Waals surface area contributed by atoms with E-state index in [0.29, 0.717) is 0 Å². The first kappa shape index (κ1) is 43.9. The second-order valence-corrected chi connectivity index (χ2v) is 15.6. The summed E-state index contributed by atoms with van der Waals surface area (Å²) in [6.07, 6.45) is -10.1. The highest BCUT2D eigenvalue weighted by Crippen LogP contribution is 2.56. The fourth-order valence-corrected chi connectivity index (χ4v) is 8.36. The molecule has 1 heterocycles. The molecule has 308 valence electrons. The van der Waals surface area contributed by atoms with E-state index in [0.717, 1.165) is 27.7 Å². The molecule has 1 saturated carbocycles. The zero-order chi connectivity index (χ0) is 42.0. The van der Waals surface area contributed by atoms with Crippen molar-refractivity contribution in [2.75, 3.05) is 0 Å². The van der Waals surface area contributed by atoms with Gasteiger partial charge in [0.25, 0.3) is 0 Å². The third kappa shape index (κ3) is 9.07. The second kappa shape index (κ2) is 16.7. The van der Waals surface area contributed by atoms with Crippen molar-refractivity contribution in [1.29, 1.82) is 0 Å². The number of rotatable bonds is 8. The van der Waals surface area contributed by atoms with Gasteiger partial charge in [0.05, 0.1) is 11.5 Å². The smallest absolute Gasteiger partial charge is 0.338 e. The van der Waals surface area contributed by atoms with E-state index in [9.17, 15) is 43.8 Å². The van der Waals surface area contributed by atoms with E-state index in [1.807, 2.05) is 0 Å². The van der Waals surface area contributed by atoms with Crippen molar-refractivity contribution in [2.45, 2.75) is 141 Å². The molecule has 0 spiro atoms. The fourth-order valence-electron chi connectivity index (χ4n) is 8.36. The molecule has 56 heavy (non-hydrogen) atoms. The minimum absolute atomic E-state index is 0.0266. The monoisotopic (exact) mass is 788 g/mol. The van der Waals surface area contributed by atoms with Gasteiger partial charge < -0.3 is 43.4 Å². The summed E-state index contributed by atoms with van der Waals surface area (Å²) in [4.78, 5) is 92.8. The third-order valence-corrected chi connectivity index (χ3v) is 10.6. The van der Waals surface area contributed by atoms with Gasteiger partial charge in [-0.1, -0.05) is 58.0 Å². The molecule has 2 fully saturated rings. The highest BCUT2D eigenvalue weighted by molar-refractivity contribution is 5.89. The van der Waals surface area contributed by atoms with Crippen LogP contribution in [0.15, 0.2) is 42.5 Å². The Kier molecular flexibility index (Phi) is 13.1. The SMILES string of the molecule is CCC(=O)O[C@@H]1[C@@H](OC(C)=O)[C@@H](OC(C)=O)C(C)(C)/C=C/[C@H](C)[C@H](OC(C)=O)[C@@]2(O)C[C@@](C)(OC(C)=O)[C@@H]3OC(=O)CC[C@]1(O)[C@H](OC(=O)c1ccccc1)[C@@H]32. The van der Waals surface area contributed by atoms with Crippen molar-refractivity contribution in [2.24, 2.45) is 17.3 Å². The van der Waals surface area contributed by atoms with Crippen molar-refractivity contribution < 1.29 is 76.9 Å². The van der Waals surface area contributed by atoms with E-state index < -0.39 is 132 Å². The summed E-state index contributed by atoms with van der Waals surface area (Å²) in [7, 11) is 0. The van der Waals surface area contributed by atoms with Crippen LogP contribution in [0.5, 0.6) is 0 Å². The fraction of sp³-hybridized carbons (Fsp3) is 0.625. The molecule has 0 unspecified atom stereocenters. The van der Waals surface area contributed by atoms with Crippen molar-refractivity contribution in [3.8, 4) is 0 Å². The Hall–Kier alpha value is -4.83. The van der Waals surface area contributed by atoms with Crippen LogP contribution in [0.25, 0.3) is 0 Å². The number of ether oxygens (including phenoxy) is 7. The van der Waals surface area contributed by atoms with Gasteiger partial charge in [0.1, 0.15) is 29.0 Å². The van der Waals surface area contributed by atoms with E-state index >= 15 is 0 Å². The standard InChI is InChI=1S/C40H52O16/c1-10-27(45)53-35-30(50-22(3)41)34(52-24(5)43)37(7,8)18-16-21(2)31(51-23(4)42)40(49)20-38(9,56-25(6)44)32-29(40)33(39(35,48)19-17-28(46)54-32)55-36(47)26-14-12-11-13-15-26/h11-16,18,21,29-35,48-49H,10,17,19-20H2,1-9H3/b18-16+/t21-,29+,30-,31-,32+,33+,34+,35+,38+,39-,40+/m0/s1. The first-order chi connectivity index (χ1) is 26.0. The van der Waals surface area contributed by atoms with Crippen molar-refractivity contribution in [3.05, 3.63) is 48.0 Å². The van der Waals surface area contributed by atoms with Crippen molar-refractivity contribution in [1.82, 2.24) is 0 Å². The molecule has 3 aliphatic rings. The van der Waals surface area contributed by atoms with Gasteiger partial charge in [-0.15, -0.1) is 0 Å². The lowest BCUT2D eigenvalue weighted by atomic mass is 9.66. The molecule has 4 rings (SSSR count). The molecule has 16 nitrogen and oxygen atoms in total. The Morgan fingerprint density at radius 1 is 0.768 bits per heavy atom. The van der Waals surface area contributed by atoms with Gasteiger partial charge in [-0.3, -0.25) is 28.8 Å². The quantitative estimate of drug-likeness (QED) is 0.219. The Labute approximate surface area is 325 Å². The van der Waals surface area contributed by atoms with Gasteiger partial charge >= 0.3 is 41.8 Å². The average Bonchev–Trinajstić information content (AvgIpc) is 3.31. The molecule has 11 atom stereocenters. The zero-order valence-corrected chi connectivity index (χ0v) is 33.1. The van der Waals surface area contributed by atoms with Crippen molar-refractivity contribution in [3.63, 3.8) is 0 Å². The summed E-state index contributed by atoms with van der Waals surface area (Å²) >= 11 is 0. The van der Waals surface area contributed by atoms with Crippen LogP contribution in [0.1, 0.15) is 98.4 Å². The highest BCUT2D eigenvalue weighted by atomic mass is 16.6. The minimum Gasteiger partial charge on any atom is -0.459 e. The molecule has 16 heteroatoms. The number of hydrogen-bond donors (Lipinski definition) is 2. The number of benzene rings is 1. The molecule has 0 amide bonds. The number of esters is 7. The molecule has 0 aromatic heterocycles. The van der Waals surface area contributed by atoms with Gasteiger partial charge in [0, 0.05) is 58.3 Å². The van der Waals surface area contributed by atoms with E-state index in [4.69, 9.17) is 33.2 Å². The van der Waals surface area contributed by atoms with Gasteiger partial charge in [-0.25, -0.2) is 4.79 Å². The third-order valence-electron chi connectivity index (χ3n) is 10.6. The lowest BCUT2D eigenvalue weighted by Gasteiger charge is -2.52. The Morgan fingerprint density at radius 3 is 1.91 bits per heavy atom. The van der Waals surface area contributed by atoms with Gasteiger partial charge in [-0.2, -0.15) is 0 Å². The highest BCUT2D eigenvalue weighted by Gasteiger charge is 2.74. The molecule has 1 aromatic rings. The van der Waals surface area contributed by atoms with Crippen LogP contribution in [0, 0.1) is 17.3 Å². The molecule has 1 aromatic carbocycles. The average molecular weight is 789 g/mol. The number of hydrogen-bond acceptors (Lipinski definition) is 16. The lowest BCUT2D eigenvalue weighted by Crippen LogP contribution is -2.70. The Bertz CT molecular complexity index is 1720. The van der Waals surface area contributed by atoms with Crippen LogP contribution in [0.2, 0.25) is 0 Å². The maximum absolute atomic E-state index is 14.2. The van der Waals surface area contributed by atoms with E-state index in [2.05, 4.69) is 0 Å². The zero-order valence-electron chi connectivity index (χ0n) is 33.1. The van der Waals surface area contributed by atoms with Crippen LogP contribution >= 0.6 is 0 Å². The molecule has 2 N–H and O–H groups in total. The van der Waals surface area contributed by atoms with Crippen LogP contribution < -0.4 is 0 Å². The van der Waals surface area contributed by atoms with Gasteiger partial charge in [0.2, 0.25) is 0 Å². The lowest BCUT2D eigenvalue weighted by molar-refractivity contribution is -0.263. The number of carbonyl (C=O) groups excluding carboxylic acids is 7. The van der Waals surface area contributed by atoms with Crippen LogP contribution in [-0.4, -0.2) is 105 Å². The first-order valence-electron chi connectivity index (χ1n) is 18.5. The Balaban J connectivity index is 2.25. The van der Waals surface area contributed by atoms with Gasteiger partial charge in [-0.05, 0) is 25.5 Å². The summed E-state index contributed by atoms with van der Waals surface area (Å²) in [6, 6.07) is 7.54. The predicted octanol–water partition coefficient (Wildman–Crippen LogP) is 3.07. The van der Waals surface area contributed by atoms with E-state index in [1.165, 1.54) is 26.0 Å². The predicted molar refractivity (Wildman–Crippen MR) is 192 cm³/mol. The molecule has 1 aliphatic heterocycles. The van der Waals surface area contributed by atoms with Crippen LogP contribution in [-0.2, 0) is 61.9 Å². The Morgan fingerprint density at radius 2 is 1.36 bits per heavy atom. The number of carbonyl (C=O) groups is 7. The minimum atomic E-state index is -2.82. The summed E-state index contributed by atoms with van der Waals surface area (Å²) in [5.74, 6) is -9.30. The number of aliphatic hydroxyl groups is 2. The summed E-state index contributed by atoms with van der Waals surface area (Å²) in [5, 5.41) is 26.8. The molecule has 2 aliphatic carbocycles. The van der Waals surface area contributed by atoms with Crippen molar-refractivity contribution >= 4 is 41.8 Å². The normalized spacial score (nSPS) is 35.7. The largest absolute Gasteiger partial charge is 0.459 e. The summed E-state index contributed by atoms with van der Waals surface area (Å²) in [6.45, 7) is 11.9. The number of fused-ring (bicyclic) bond motifs is 1. The van der Waals surface area contributed by atoms with E-state index in [1.54, 1.807) is 51.1 Å². The van der Waals surface area contributed by atoms with Crippen LogP contribution in [0.4, 0.5) is 0 Å². The van der Waals surface area contributed by atoms with Gasteiger partial charge in [0.15, 0.2) is 24.4 Å². The molecule has 1 saturated heterocycles. The summed E-state index contributed by atoms with van der Waals surface area (Å²) < 4.78 is 41.5. The molecule has 0 radical (unpaired) electrons. The molecular weight excluding hydrogens is 736 g/mol.